The number of hydrogen-bond acceptors (Lipinski definition) is 4. The Kier molecular flexibility index (Phi) is 5.90. The molecule has 3 rings (SSSR count). The van der Waals surface area contributed by atoms with E-state index in [1.807, 2.05) is 0 Å². The van der Waals surface area contributed by atoms with E-state index in [0.717, 1.165) is 17.1 Å². The third-order valence-electron chi connectivity index (χ3n) is 4.21. The van der Waals surface area contributed by atoms with Gasteiger partial charge in [0.15, 0.2) is 0 Å². The summed E-state index contributed by atoms with van der Waals surface area (Å²) in [6.07, 6.45) is 1.90. The Morgan fingerprint density at radius 2 is 1.73 bits per heavy atom. The number of rotatable bonds is 7. The molecule has 1 aliphatic heterocycles. The van der Waals surface area contributed by atoms with Crippen LogP contribution in [0.25, 0.3) is 0 Å². The van der Waals surface area contributed by atoms with Crippen molar-refractivity contribution in [3.05, 3.63) is 60.7 Å². The van der Waals surface area contributed by atoms with Gasteiger partial charge in [0.05, 0.1) is 16.7 Å². The second-order valence-electron chi connectivity index (χ2n) is 6.10. The predicted molar refractivity (Wildman–Crippen MR) is 99.4 cm³/mol. The van der Waals surface area contributed by atoms with E-state index < -0.39 is 10.0 Å². The summed E-state index contributed by atoms with van der Waals surface area (Å²) in [6, 6.07) is 16.8. The molecule has 1 aliphatic rings. The Labute approximate surface area is 153 Å². The molecular formula is C19H22N2O4S. The lowest BCUT2D eigenvalue weighted by Crippen LogP contribution is -2.42. The quantitative estimate of drug-likeness (QED) is 0.806. The number of anilines is 1. The first-order valence-electron chi connectivity index (χ1n) is 8.58. The summed E-state index contributed by atoms with van der Waals surface area (Å²) in [6.45, 7) is 0.819. The maximum Gasteiger partial charge on any atom is 0.264 e. The minimum absolute atomic E-state index is 0.00913. The van der Waals surface area contributed by atoms with Crippen LogP contribution in [0.3, 0.4) is 0 Å². The molecule has 1 heterocycles. The van der Waals surface area contributed by atoms with Crippen LogP contribution < -0.4 is 9.62 Å². The highest BCUT2D eigenvalue weighted by atomic mass is 32.2. The van der Waals surface area contributed by atoms with Crippen LogP contribution in [0.1, 0.15) is 12.8 Å². The Morgan fingerprint density at radius 1 is 1.08 bits per heavy atom. The summed E-state index contributed by atoms with van der Waals surface area (Å²) in [5, 5.41) is 2.78. The van der Waals surface area contributed by atoms with Gasteiger partial charge in [-0.2, -0.15) is 0 Å². The Bertz CT molecular complexity index is 819. The maximum atomic E-state index is 13.1. The van der Waals surface area contributed by atoms with Crippen LogP contribution in [0.5, 0.6) is 0 Å². The number of ether oxygens (including phenoxy) is 1. The summed E-state index contributed by atoms with van der Waals surface area (Å²) in [7, 11) is -3.85. The van der Waals surface area contributed by atoms with E-state index in [1.165, 1.54) is 12.1 Å². The van der Waals surface area contributed by atoms with Crippen LogP contribution in [0.2, 0.25) is 0 Å². The number of sulfonamides is 1. The molecule has 0 spiro atoms. The van der Waals surface area contributed by atoms with Gasteiger partial charge in [-0.1, -0.05) is 36.4 Å². The minimum Gasteiger partial charge on any atom is -0.376 e. The highest BCUT2D eigenvalue weighted by molar-refractivity contribution is 7.92. The van der Waals surface area contributed by atoms with Gasteiger partial charge >= 0.3 is 0 Å². The first-order valence-corrected chi connectivity index (χ1v) is 10.0. The molecule has 26 heavy (non-hydrogen) atoms. The van der Waals surface area contributed by atoms with Crippen molar-refractivity contribution in [1.82, 2.24) is 5.32 Å². The number of carbonyl (C=O) groups is 1. The number of hydrogen-bond donors (Lipinski definition) is 1. The zero-order valence-electron chi connectivity index (χ0n) is 14.4. The van der Waals surface area contributed by atoms with Crippen molar-refractivity contribution in [1.29, 1.82) is 0 Å². The van der Waals surface area contributed by atoms with Gasteiger partial charge in [0.25, 0.3) is 10.0 Å². The van der Waals surface area contributed by atoms with Crippen LogP contribution in [-0.4, -0.2) is 40.1 Å². The number of para-hydroxylation sites is 1. The van der Waals surface area contributed by atoms with E-state index in [4.69, 9.17) is 4.74 Å². The molecule has 0 bridgehead atoms. The molecule has 0 radical (unpaired) electrons. The normalized spacial score (nSPS) is 17.0. The molecule has 1 atom stereocenters. The first-order chi connectivity index (χ1) is 12.6. The van der Waals surface area contributed by atoms with Crippen LogP contribution in [0.4, 0.5) is 5.69 Å². The largest absolute Gasteiger partial charge is 0.376 e. The molecule has 0 unspecified atom stereocenters. The maximum absolute atomic E-state index is 13.1. The molecule has 6 nitrogen and oxygen atoms in total. The molecule has 1 fully saturated rings. The number of benzene rings is 2. The van der Waals surface area contributed by atoms with Crippen molar-refractivity contribution >= 4 is 21.6 Å². The average molecular weight is 374 g/mol. The zero-order chi connectivity index (χ0) is 18.4. The highest BCUT2D eigenvalue weighted by Crippen LogP contribution is 2.23. The van der Waals surface area contributed by atoms with Gasteiger partial charge < -0.3 is 10.1 Å². The molecule has 2 aromatic rings. The number of nitrogens with one attached hydrogen (secondary N) is 1. The van der Waals surface area contributed by atoms with Crippen molar-refractivity contribution in [2.24, 2.45) is 0 Å². The molecule has 1 amide bonds. The van der Waals surface area contributed by atoms with Crippen molar-refractivity contribution in [2.45, 2.75) is 23.8 Å². The molecule has 1 N–H and O–H groups in total. The molecule has 138 valence electrons. The SMILES string of the molecule is O=C(CN(c1ccccc1)S(=O)(=O)c1ccccc1)NC[C@H]1CCCO1. The summed E-state index contributed by atoms with van der Waals surface area (Å²) in [4.78, 5) is 12.5. The second kappa shape index (κ2) is 8.33. The van der Waals surface area contributed by atoms with E-state index in [-0.39, 0.29) is 23.5 Å². The van der Waals surface area contributed by atoms with Crippen LogP contribution in [-0.2, 0) is 19.6 Å². The van der Waals surface area contributed by atoms with Gasteiger partial charge in [-0.05, 0) is 37.1 Å². The Morgan fingerprint density at radius 3 is 2.35 bits per heavy atom. The van der Waals surface area contributed by atoms with Gasteiger partial charge in [-0.25, -0.2) is 8.42 Å². The minimum atomic E-state index is -3.85. The van der Waals surface area contributed by atoms with Gasteiger partial charge in [0.2, 0.25) is 5.91 Å². The van der Waals surface area contributed by atoms with Crippen LogP contribution in [0.15, 0.2) is 65.6 Å². The van der Waals surface area contributed by atoms with Gasteiger partial charge in [-0.15, -0.1) is 0 Å². The van der Waals surface area contributed by atoms with Crippen LogP contribution >= 0.6 is 0 Å². The van der Waals surface area contributed by atoms with Crippen molar-refractivity contribution in [3.8, 4) is 0 Å². The number of nitrogens with zero attached hydrogens (tertiary/aromatic N) is 1. The fourth-order valence-corrected chi connectivity index (χ4v) is 4.29. The second-order valence-corrected chi connectivity index (χ2v) is 7.96. The summed E-state index contributed by atoms with van der Waals surface area (Å²) < 4.78 is 32.7. The lowest BCUT2D eigenvalue weighted by Gasteiger charge is -2.24. The molecule has 0 aromatic heterocycles. The Balaban J connectivity index is 1.79. The number of carbonyl (C=O) groups excluding carboxylic acids is 1. The molecular weight excluding hydrogens is 352 g/mol. The predicted octanol–water partition coefficient (Wildman–Crippen LogP) is 2.18. The fraction of sp³-hybridized carbons (Fsp3) is 0.316. The fourth-order valence-electron chi connectivity index (χ4n) is 2.85. The Hall–Kier alpha value is -2.38. The smallest absolute Gasteiger partial charge is 0.264 e. The van der Waals surface area contributed by atoms with Gasteiger partial charge in [-0.3, -0.25) is 9.10 Å². The molecule has 2 aromatic carbocycles. The highest BCUT2D eigenvalue weighted by Gasteiger charge is 2.27. The van der Waals surface area contributed by atoms with Crippen molar-refractivity contribution in [3.63, 3.8) is 0 Å². The van der Waals surface area contributed by atoms with Gasteiger partial charge in [0, 0.05) is 13.2 Å². The average Bonchev–Trinajstić information content (AvgIpc) is 3.19. The van der Waals surface area contributed by atoms with Crippen molar-refractivity contribution in [2.75, 3.05) is 24.0 Å². The first kappa shape index (κ1) is 18.4. The summed E-state index contributed by atoms with van der Waals surface area (Å²) in [5.74, 6) is -0.358. The van der Waals surface area contributed by atoms with E-state index in [0.29, 0.717) is 18.8 Å². The number of amides is 1. The topological polar surface area (TPSA) is 75.7 Å². The monoisotopic (exact) mass is 374 g/mol. The van der Waals surface area contributed by atoms with Crippen molar-refractivity contribution < 1.29 is 17.9 Å². The third-order valence-corrected chi connectivity index (χ3v) is 6.00. The van der Waals surface area contributed by atoms with E-state index >= 15 is 0 Å². The van der Waals surface area contributed by atoms with E-state index in [2.05, 4.69) is 5.32 Å². The summed E-state index contributed by atoms with van der Waals surface area (Å²) in [5.41, 5.74) is 0.448. The van der Waals surface area contributed by atoms with Gasteiger partial charge in [0.1, 0.15) is 6.54 Å². The molecule has 0 aliphatic carbocycles. The third kappa shape index (κ3) is 4.42. The lowest BCUT2D eigenvalue weighted by molar-refractivity contribution is -0.120. The van der Waals surface area contributed by atoms with E-state index in [1.54, 1.807) is 48.5 Å². The van der Waals surface area contributed by atoms with E-state index in [9.17, 15) is 13.2 Å². The lowest BCUT2D eigenvalue weighted by atomic mass is 10.2. The molecule has 1 saturated heterocycles. The zero-order valence-corrected chi connectivity index (χ0v) is 15.2. The standard InChI is InChI=1S/C19H22N2O4S/c22-19(20-14-17-10-7-13-25-17)15-21(16-8-3-1-4-9-16)26(23,24)18-11-5-2-6-12-18/h1-6,8-9,11-12,17H,7,10,13-15H2,(H,20,22)/t17-/m1/s1. The molecule has 0 saturated carbocycles. The molecule has 7 heteroatoms. The summed E-state index contributed by atoms with van der Waals surface area (Å²) >= 11 is 0. The van der Waals surface area contributed by atoms with Crippen LogP contribution in [0, 0.1) is 0 Å².